The van der Waals surface area contributed by atoms with E-state index < -0.39 is 45.6 Å². The number of carboxylic acid groups (broad SMARTS) is 1. The van der Waals surface area contributed by atoms with Gasteiger partial charge in [-0.3, -0.25) is 19.3 Å². The van der Waals surface area contributed by atoms with Crippen molar-refractivity contribution in [2.75, 3.05) is 274 Å². The maximum Gasteiger partial charge on any atom is 0.410 e. The third kappa shape index (κ3) is 37.7. The molecule has 36 nitrogen and oxygen atoms in total. The first-order valence-electron chi connectivity index (χ1n) is 48.7. The number of methoxy groups -OCH3 is 2. The molecule has 2 amide bonds. The molecule has 3 aromatic heterocycles. The number of aromatic carboxylic acids is 1. The van der Waals surface area contributed by atoms with Crippen LogP contribution in [0.15, 0.2) is 79.0 Å². The fourth-order valence-corrected chi connectivity index (χ4v) is 21.2. The minimum atomic E-state index is -4.53. The first-order chi connectivity index (χ1) is 66.2. The number of amides is 2. The highest BCUT2D eigenvalue weighted by atomic mass is 32.2. The maximum atomic E-state index is 14.7. The van der Waals surface area contributed by atoms with Gasteiger partial charge in [0.2, 0.25) is 0 Å². The number of aromatic nitrogens is 4. The molecule has 11 rings (SSSR count). The second kappa shape index (κ2) is 59.2. The second-order valence-corrected chi connectivity index (χ2v) is 39.9. The zero-order valence-electron chi connectivity index (χ0n) is 82.1. The van der Waals surface area contributed by atoms with Crippen LogP contribution in [0, 0.1) is 35.0 Å². The van der Waals surface area contributed by atoms with E-state index in [4.69, 9.17) is 113 Å². The van der Waals surface area contributed by atoms with Gasteiger partial charge in [0.1, 0.15) is 12.4 Å². The van der Waals surface area contributed by atoms with E-state index in [1.165, 1.54) is 16.2 Å². The summed E-state index contributed by atoms with van der Waals surface area (Å²) in [4.78, 5) is 57.2. The highest BCUT2D eigenvalue weighted by Gasteiger charge is 2.66. The molecule has 4 saturated carbocycles. The Labute approximate surface area is 813 Å². The van der Waals surface area contributed by atoms with Crippen LogP contribution in [0.3, 0.4) is 0 Å². The average Bonchev–Trinajstić information content (AvgIpc) is 1.21. The first kappa shape index (κ1) is 112. The Kier molecular flexibility index (Phi) is 48.3. The summed E-state index contributed by atoms with van der Waals surface area (Å²) >= 11 is 1.41. The molecule has 6 aromatic rings. The topological polar surface area (TPSA) is 435 Å². The number of nitrogens with two attached hydrogens (primary N) is 3. The molecule has 6 atom stereocenters. The molecule has 768 valence electrons. The number of hydrogen-bond acceptors (Lipinski definition) is 32. The third-order valence-corrected chi connectivity index (χ3v) is 27.4. The lowest BCUT2D eigenvalue weighted by Gasteiger charge is -2.69. The number of nitrogens with zero attached hydrogens (tertiary/aromatic N) is 7. The van der Waals surface area contributed by atoms with Gasteiger partial charge < -0.3 is 122 Å². The lowest BCUT2D eigenvalue weighted by Crippen LogP contribution is -2.64. The van der Waals surface area contributed by atoms with E-state index in [0.717, 1.165) is 102 Å². The van der Waals surface area contributed by atoms with E-state index in [1.807, 2.05) is 97.9 Å². The number of rotatable bonds is 75. The van der Waals surface area contributed by atoms with Crippen LogP contribution in [0.25, 0.3) is 21.3 Å². The predicted molar refractivity (Wildman–Crippen MR) is 522 cm³/mol. The number of ether oxygens (including phenoxy) is 18. The number of pyridine rings is 1. The lowest BCUT2D eigenvalue weighted by atomic mass is 9.39. The Hall–Kier alpha value is -7.01. The number of carbonyl (C=O) groups is 3. The van der Waals surface area contributed by atoms with E-state index in [2.05, 4.69) is 35.1 Å². The Morgan fingerprint density at radius 1 is 0.562 bits per heavy atom. The Morgan fingerprint density at radius 3 is 1.59 bits per heavy atom. The number of carbonyl (C=O) groups excluding carboxylic acids is 2. The Balaban J connectivity index is 0.725. The van der Waals surface area contributed by atoms with Crippen LogP contribution < -0.4 is 27.4 Å². The molecule has 1 aliphatic heterocycles. The van der Waals surface area contributed by atoms with Crippen molar-refractivity contribution in [1.29, 1.82) is 0 Å². The van der Waals surface area contributed by atoms with Crippen LogP contribution in [0.2, 0.25) is 0 Å². The van der Waals surface area contributed by atoms with E-state index in [0.29, 0.717) is 278 Å². The number of nitrogens with one attached hydrogen (secondary N) is 1. The molecular weight excluding hydrogens is 1810 g/mol. The van der Waals surface area contributed by atoms with Crippen LogP contribution in [0.4, 0.5) is 15.7 Å². The van der Waals surface area contributed by atoms with Crippen LogP contribution in [-0.4, -0.2) is 347 Å². The summed E-state index contributed by atoms with van der Waals surface area (Å²) in [5.41, 5.74) is 27.0. The van der Waals surface area contributed by atoms with Gasteiger partial charge in [0.15, 0.2) is 10.8 Å². The lowest BCUT2D eigenvalue weighted by molar-refractivity contribution is -0.248. The molecule has 4 fully saturated rings. The van der Waals surface area contributed by atoms with Gasteiger partial charge >= 0.3 is 12.1 Å². The van der Waals surface area contributed by atoms with E-state index in [-0.39, 0.29) is 72.0 Å². The molecule has 5 aliphatic rings. The number of anilines is 2. The summed E-state index contributed by atoms with van der Waals surface area (Å²) in [6, 6.07) is 21.9. The van der Waals surface area contributed by atoms with Crippen LogP contribution in [-0.2, 0) is 128 Å². The smallest absolute Gasteiger partial charge is 0.410 e. The largest absolute Gasteiger partial charge is 0.476 e. The average molecular weight is 1960 g/mol. The highest BCUT2D eigenvalue weighted by Crippen LogP contribution is 2.72. The third-order valence-electron chi connectivity index (χ3n) is 25.7. The van der Waals surface area contributed by atoms with E-state index in [9.17, 15) is 32.5 Å². The van der Waals surface area contributed by atoms with Gasteiger partial charge in [-0.25, -0.2) is 19.6 Å². The summed E-state index contributed by atoms with van der Waals surface area (Å²) in [6.45, 7) is 30.1. The quantitative estimate of drug-likeness (QED) is 0.0153. The number of carboxylic acids is 1. The number of hydrogen-bond donors (Lipinski definition) is 6. The number of benzene rings is 3. The van der Waals surface area contributed by atoms with Crippen LogP contribution >= 0.6 is 11.3 Å². The van der Waals surface area contributed by atoms with Crippen molar-refractivity contribution in [3.63, 3.8) is 0 Å². The molecule has 0 radical (unpaired) electrons. The molecule has 9 N–H and O–H groups in total. The molecular formula is C99H155N11O25S2. The van der Waals surface area contributed by atoms with E-state index >= 15 is 0 Å². The Morgan fingerprint density at radius 2 is 1.08 bits per heavy atom. The number of fused-ring (bicyclic) bond motifs is 2. The molecule has 38 heteroatoms. The van der Waals surface area contributed by atoms with E-state index in [1.54, 1.807) is 26.5 Å². The maximum absolute atomic E-state index is 14.7. The van der Waals surface area contributed by atoms with Gasteiger partial charge in [-0.2, -0.15) is 13.5 Å². The molecule has 0 spiro atoms. The molecule has 0 saturated heterocycles. The molecule has 3 aromatic carbocycles. The normalized spacial score (nSPS) is 19.0. The minimum absolute atomic E-state index is 0.0228. The summed E-state index contributed by atoms with van der Waals surface area (Å²) in [7, 11) is -1.26. The monoisotopic (exact) mass is 1960 g/mol. The van der Waals surface area contributed by atoms with Crippen molar-refractivity contribution in [2.24, 2.45) is 45.3 Å². The summed E-state index contributed by atoms with van der Waals surface area (Å²) < 4.78 is 141. The van der Waals surface area contributed by atoms with Crippen LogP contribution in [0.5, 0.6) is 0 Å². The fourth-order valence-electron chi connectivity index (χ4n) is 19.8. The SMILES string of the molecule is COCCOCCOCCOCCOCCOCCOCCOCCCN(CCCOCCOCCOCCOCCOCCOCCOCCOC)CCCc1cc(C(N)[C@H](C)C(N)[C@@H](N)C(C)C)ccc1COC(=O)N(CCOC12CC3(C)CC(C)(CC(Cn4ncc(-c5ccc(N6CCc7cccc(C(=O)Nc8nc9ccccc9s8)c7C6)nc5C(=O)O)c4C)(C3)C1)C2)CCS(=O)(=O)O. The number of thiazole rings is 1. The van der Waals surface area contributed by atoms with Crippen molar-refractivity contribution in [3.8, 4) is 11.1 Å². The van der Waals surface area contributed by atoms with Crippen molar-refractivity contribution >= 4 is 60.6 Å². The molecule has 4 aliphatic carbocycles. The van der Waals surface area contributed by atoms with Crippen molar-refractivity contribution < 1.29 is 118 Å². The highest BCUT2D eigenvalue weighted by molar-refractivity contribution is 7.85. The number of aryl methyl sites for hydroxylation is 1. The van der Waals surface area contributed by atoms with Crippen LogP contribution in [0.1, 0.15) is 153 Å². The second-order valence-electron chi connectivity index (χ2n) is 37.3. The fraction of sp³-hybridized carbons (Fsp3) is 0.697. The zero-order chi connectivity index (χ0) is 97.7. The van der Waals surface area contributed by atoms with Crippen molar-refractivity contribution in [2.45, 2.75) is 156 Å². The zero-order valence-corrected chi connectivity index (χ0v) is 83.8. The molecule has 4 unspecified atom stereocenters. The van der Waals surface area contributed by atoms with Gasteiger partial charge in [-0.1, -0.05) is 88.4 Å². The van der Waals surface area contributed by atoms with Gasteiger partial charge in [-0.05, 0) is 170 Å². The molecule has 137 heavy (non-hydrogen) atoms. The summed E-state index contributed by atoms with van der Waals surface area (Å²) in [5.74, 6) is -1.78. The van der Waals surface area contributed by atoms with Crippen molar-refractivity contribution in [1.82, 2.24) is 29.5 Å². The first-order valence-corrected chi connectivity index (χ1v) is 51.1. The Bertz CT molecular complexity index is 4550. The molecule has 4 heterocycles. The van der Waals surface area contributed by atoms with Gasteiger partial charge in [0.05, 0.1) is 219 Å². The summed E-state index contributed by atoms with van der Waals surface area (Å²) in [6.07, 6.45) is 9.50. The number of para-hydroxylation sites is 1. The minimum Gasteiger partial charge on any atom is -0.476 e. The predicted octanol–water partition coefficient (Wildman–Crippen LogP) is 10.5. The van der Waals surface area contributed by atoms with Gasteiger partial charge in [-0.15, -0.1) is 0 Å². The van der Waals surface area contributed by atoms with Gasteiger partial charge in [0, 0.05) is 114 Å². The van der Waals surface area contributed by atoms with Gasteiger partial charge in [0.25, 0.3) is 16.0 Å². The standard InChI is InChI=1S/C99H155N11O25S2/c1-74(2)88(100)90(102)75(3)89(101)79-20-21-80(78(63-79)16-12-25-107(26-13-31-120-38-40-124-46-48-128-54-56-132-60-58-130-52-50-126-44-42-122-36-34-118-7)27-14-32-121-39-41-125-47-49-129-55-57-133-61-59-131-53-51-127-45-43-123-37-35-119-8)66-134-95(114)108(30-62-137(115,116)117)29-33-135-99-70-96(5)67-97(6,71-99)69-98(68-96,72-99)73-110-76(4)83(64-103-110)81-22-23-87(105-91(81)93(112)113)109-28-24-77-15-11-17-82(84(77)65-109)92(111)106-94-104-85-18-9-10-19-86(85)136-94/h9-11,15,17-23,63-64,74-75,88-90H,12-14,16,24-62,65-73,100-102H2,1-8H3,(H,112,113)(H,104,106,111)(H,115,116,117)/t75-,88-,89?,90?,96?,97?,98?,99?/m0/s1. The van der Waals surface area contributed by atoms with Crippen molar-refractivity contribution in [3.05, 3.63) is 124 Å². The molecule has 4 bridgehead atoms. The summed E-state index contributed by atoms with van der Waals surface area (Å²) in [5, 5.41) is 19.4.